The molecule has 1 amide bonds. The number of hydrogen-bond donors (Lipinski definition) is 1. The minimum atomic E-state index is -3.62. The maximum Gasteiger partial charge on any atom is 0.255 e. The van der Waals surface area contributed by atoms with E-state index >= 15 is 0 Å². The maximum absolute atomic E-state index is 13.0. The van der Waals surface area contributed by atoms with Crippen molar-refractivity contribution in [2.75, 3.05) is 18.5 Å². The summed E-state index contributed by atoms with van der Waals surface area (Å²) in [6, 6.07) is 13.3. The highest BCUT2D eigenvalue weighted by atomic mass is 32.2. The summed E-state index contributed by atoms with van der Waals surface area (Å²) in [4.78, 5) is 12.8. The van der Waals surface area contributed by atoms with E-state index in [1.165, 1.54) is 6.07 Å². The molecule has 28 heavy (non-hydrogen) atoms. The summed E-state index contributed by atoms with van der Waals surface area (Å²) < 4.78 is 33.0. The van der Waals surface area contributed by atoms with Crippen LogP contribution in [0.5, 0.6) is 5.75 Å². The highest BCUT2D eigenvalue weighted by Gasteiger charge is 2.31. The molecule has 150 valence electrons. The summed E-state index contributed by atoms with van der Waals surface area (Å²) >= 11 is 0. The summed E-state index contributed by atoms with van der Waals surface area (Å²) in [7, 11) is -3.62. The lowest BCUT2D eigenvalue weighted by atomic mass is 10.1. The van der Waals surface area contributed by atoms with Crippen LogP contribution in [-0.4, -0.2) is 37.8 Å². The van der Waals surface area contributed by atoms with Crippen molar-refractivity contribution in [3.05, 3.63) is 54.1 Å². The van der Waals surface area contributed by atoms with Crippen LogP contribution >= 0.6 is 0 Å². The van der Waals surface area contributed by atoms with Crippen LogP contribution in [0.25, 0.3) is 0 Å². The predicted octanol–water partition coefficient (Wildman–Crippen LogP) is 3.90. The van der Waals surface area contributed by atoms with E-state index in [0.29, 0.717) is 30.2 Å². The van der Waals surface area contributed by atoms with Gasteiger partial charge < -0.3 is 10.1 Å². The standard InChI is InChI=1S/C21H26N2O4S/c1-3-27-19-11-7-10-18(15-19)22-21(24)17-9-6-12-20(14-17)28(25,26)23-13-5-4-8-16(23)2/h6-7,9-12,14-16H,3-5,8,13H2,1-2H3,(H,22,24). The van der Waals surface area contributed by atoms with Gasteiger partial charge in [0, 0.05) is 29.9 Å². The largest absolute Gasteiger partial charge is 0.494 e. The van der Waals surface area contributed by atoms with E-state index < -0.39 is 10.0 Å². The number of ether oxygens (including phenoxy) is 1. The van der Waals surface area contributed by atoms with Crippen LogP contribution in [0, 0.1) is 0 Å². The number of piperidine rings is 1. The molecule has 0 spiro atoms. The lowest BCUT2D eigenvalue weighted by Crippen LogP contribution is -2.41. The number of amides is 1. The number of carbonyl (C=O) groups excluding carboxylic acids is 1. The van der Waals surface area contributed by atoms with Gasteiger partial charge in [-0.15, -0.1) is 0 Å². The average molecular weight is 403 g/mol. The number of nitrogens with zero attached hydrogens (tertiary/aromatic N) is 1. The molecule has 1 aliphatic rings. The minimum absolute atomic E-state index is 0.0301. The Morgan fingerprint density at radius 1 is 1.18 bits per heavy atom. The zero-order valence-electron chi connectivity index (χ0n) is 16.2. The third-order valence-corrected chi connectivity index (χ3v) is 6.86. The molecule has 6 nitrogen and oxygen atoms in total. The summed E-state index contributed by atoms with van der Waals surface area (Å²) in [5, 5.41) is 2.80. The number of rotatable bonds is 6. The zero-order valence-corrected chi connectivity index (χ0v) is 17.0. The Bertz CT molecular complexity index is 943. The van der Waals surface area contributed by atoms with Crippen molar-refractivity contribution >= 4 is 21.6 Å². The Morgan fingerprint density at radius 2 is 1.96 bits per heavy atom. The third-order valence-electron chi connectivity index (χ3n) is 4.85. The molecule has 0 aliphatic carbocycles. The van der Waals surface area contributed by atoms with Crippen molar-refractivity contribution < 1.29 is 17.9 Å². The maximum atomic E-state index is 13.0. The van der Waals surface area contributed by atoms with Crippen LogP contribution in [0.3, 0.4) is 0 Å². The van der Waals surface area contributed by atoms with Gasteiger partial charge in [-0.2, -0.15) is 4.31 Å². The number of hydrogen-bond acceptors (Lipinski definition) is 4. The van der Waals surface area contributed by atoms with Crippen molar-refractivity contribution in [2.45, 2.75) is 44.0 Å². The van der Waals surface area contributed by atoms with Gasteiger partial charge in [0.15, 0.2) is 0 Å². The molecule has 1 aliphatic heterocycles. The molecule has 0 bridgehead atoms. The van der Waals surface area contributed by atoms with Gasteiger partial charge in [0.2, 0.25) is 10.0 Å². The molecule has 0 saturated carbocycles. The Labute approximate surface area is 166 Å². The van der Waals surface area contributed by atoms with Crippen LogP contribution in [-0.2, 0) is 10.0 Å². The highest BCUT2D eigenvalue weighted by Crippen LogP contribution is 2.26. The van der Waals surface area contributed by atoms with Crippen molar-refractivity contribution in [3.8, 4) is 5.75 Å². The molecule has 1 unspecified atom stereocenters. The van der Waals surface area contributed by atoms with Crippen LogP contribution < -0.4 is 10.1 Å². The highest BCUT2D eigenvalue weighted by molar-refractivity contribution is 7.89. The SMILES string of the molecule is CCOc1cccc(NC(=O)c2cccc(S(=O)(=O)N3CCCCC3C)c2)c1. The quantitative estimate of drug-likeness (QED) is 0.795. The molecular formula is C21H26N2O4S. The number of benzene rings is 2. The monoisotopic (exact) mass is 402 g/mol. The van der Waals surface area contributed by atoms with E-state index in [-0.39, 0.29) is 16.8 Å². The van der Waals surface area contributed by atoms with Gasteiger partial charge in [-0.3, -0.25) is 4.79 Å². The van der Waals surface area contributed by atoms with E-state index in [4.69, 9.17) is 4.74 Å². The van der Waals surface area contributed by atoms with Crippen LogP contribution in [0.4, 0.5) is 5.69 Å². The van der Waals surface area contributed by atoms with Gasteiger partial charge in [-0.05, 0) is 57.0 Å². The Morgan fingerprint density at radius 3 is 2.71 bits per heavy atom. The van der Waals surface area contributed by atoms with Crippen LogP contribution in [0.2, 0.25) is 0 Å². The summed E-state index contributed by atoms with van der Waals surface area (Å²) in [5.74, 6) is 0.299. The second-order valence-corrected chi connectivity index (χ2v) is 8.79. The molecule has 1 saturated heterocycles. The smallest absolute Gasteiger partial charge is 0.255 e. The van der Waals surface area contributed by atoms with E-state index in [9.17, 15) is 13.2 Å². The van der Waals surface area contributed by atoms with Gasteiger partial charge in [-0.25, -0.2) is 8.42 Å². The van der Waals surface area contributed by atoms with E-state index in [1.807, 2.05) is 19.9 Å². The molecule has 0 radical (unpaired) electrons. The van der Waals surface area contributed by atoms with Crippen LogP contribution in [0.1, 0.15) is 43.5 Å². The lowest BCUT2D eigenvalue weighted by molar-refractivity contribution is 0.102. The summed E-state index contributed by atoms with van der Waals surface area (Å²) in [6.45, 7) is 4.87. The fraction of sp³-hybridized carbons (Fsp3) is 0.381. The molecule has 1 atom stereocenters. The minimum Gasteiger partial charge on any atom is -0.494 e. The van der Waals surface area contributed by atoms with E-state index in [2.05, 4.69) is 5.32 Å². The van der Waals surface area contributed by atoms with Crippen molar-refractivity contribution in [1.29, 1.82) is 0 Å². The topological polar surface area (TPSA) is 75.7 Å². The number of sulfonamides is 1. The molecular weight excluding hydrogens is 376 g/mol. The first kappa shape index (κ1) is 20.4. The van der Waals surface area contributed by atoms with Gasteiger partial charge in [-0.1, -0.05) is 18.6 Å². The second-order valence-electron chi connectivity index (χ2n) is 6.90. The molecule has 7 heteroatoms. The lowest BCUT2D eigenvalue weighted by Gasteiger charge is -2.32. The zero-order chi connectivity index (χ0) is 20.1. The van der Waals surface area contributed by atoms with E-state index in [1.54, 1.807) is 40.7 Å². The fourth-order valence-corrected chi connectivity index (χ4v) is 5.14. The first-order valence-corrected chi connectivity index (χ1v) is 11.0. The van der Waals surface area contributed by atoms with Crippen molar-refractivity contribution in [1.82, 2.24) is 4.31 Å². The van der Waals surface area contributed by atoms with Crippen LogP contribution in [0.15, 0.2) is 53.4 Å². The van der Waals surface area contributed by atoms with Gasteiger partial charge in [0.05, 0.1) is 11.5 Å². The number of nitrogens with one attached hydrogen (secondary N) is 1. The van der Waals surface area contributed by atoms with Crippen molar-refractivity contribution in [3.63, 3.8) is 0 Å². The molecule has 1 N–H and O–H groups in total. The first-order valence-electron chi connectivity index (χ1n) is 9.58. The molecule has 0 aromatic heterocycles. The molecule has 2 aromatic carbocycles. The Balaban J connectivity index is 1.80. The first-order chi connectivity index (χ1) is 13.4. The fourth-order valence-electron chi connectivity index (χ4n) is 3.40. The van der Waals surface area contributed by atoms with Gasteiger partial charge >= 0.3 is 0 Å². The Kier molecular flexibility index (Phi) is 6.36. The Hall–Kier alpha value is -2.38. The second kappa shape index (κ2) is 8.75. The summed E-state index contributed by atoms with van der Waals surface area (Å²) in [6.07, 6.45) is 2.76. The predicted molar refractivity (Wildman–Crippen MR) is 109 cm³/mol. The van der Waals surface area contributed by atoms with Crippen molar-refractivity contribution in [2.24, 2.45) is 0 Å². The number of carbonyl (C=O) groups is 1. The molecule has 1 fully saturated rings. The normalized spacial score (nSPS) is 17.9. The summed E-state index contributed by atoms with van der Waals surface area (Å²) in [5.41, 5.74) is 0.890. The van der Waals surface area contributed by atoms with Gasteiger partial charge in [0.25, 0.3) is 5.91 Å². The number of anilines is 1. The average Bonchev–Trinajstić information content (AvgIpc) is 2.69. The molecule has 3 rings (SSSR count). The van der Waals surface area contributed by atoms with Gasteiger partial charge in [0.1, 0.15) is 5.75 Å². The molecule has 1 heterocycles. The van der Waals surface area contributed by atoms with E-state index in [0.717, 1.165) is 19.3 Å². The molecule has 2 aromatic rings. The third kappa shape index (κ3) is 4.54.